The van der Waals surface area contributed by atoms with E-state index < -0.39 is 0 Å². The average molecular weight is 211 g/mol. The van der Waals surface area contributed by atoms with Crippen molar-refractivity contribution in [3.8, 4) is 0 Å². The van der Waals surface area contributed by atoms with Gasteiger partial charge in [-0.05, 0) is 37.0 Å². The third kappa shape index (κ3) is 3.20. The van der Waals surface area contributed by atoms with Gasteiger partial charge in [0.05, 0.1) is 0 Å². The van der Waals surface area contributed by atoms with Crippen molar-refractivity contribution in [1.29, 1.82) is 0 Å². The van der Waals surface area contributed by atoms with Crippen LogP contribution in [0.1, 0.15) is 24.0 Å². The molecule has 16 heavy (non-hydrogen) atoms. The van der Waals surface area contributed by atoms with Crippen LogP contribution in [-0.2, 0) is 6.42 Å². The molecule has 0 unspecified atom stereocenters. The minimum atomic E-state index is 0.955. The lowest BCUT2D eigenvalue weighted by molar-refractivity contribution is 0.960. The first-order valence-electron chi connectivity index (χ1n) is 5.77. The highest BCUT2D eigenvalue weighted by molar-refractivity contribution is 5.61. The van der Waals surface area contributed by atoms with E-state index in [0.29, 0.717) is 0 Å². The van der Waals surface area contributed by atoms with Crippen molar-refractivity contribution >= 4 is 6.21 Å². The summed E-state index contributed by atoms with van der Waals surface area (Å²) in [6.45, 7) is 2.12. The predicted octanol–water partition coefficient (Wildman–Crippen LogP) is 3.84. The standard InChI is InChI=1S/C15H17N/c1-13-4-6-15(7-5-13)9-8-14-3-2-11-16-12-10-14/h3-7,10-12H,2,8-9H2,1H3. The van der Waals surface area contributed by atoms with Crippen LogP contribution in [0, 0.1) is 6.92 Å². The molecular formula is C15H17N. The summed E-state index contributed by atoms with van der Waals surface area (Å²) in [7, 11) is 0. The number of aryl methyl sites for hydroxylation is 2. The van der Waals surface area contributed by atoms with E-state index in [1.165, 1.54) is 16.7 Å². The van der Waals surface area contributed by atoms with Crippen LogP contribution < -0.4 is 0 Å². The van der Waals surface area contributed by atoms with Gasteiger partial charge in [0.25, 0.3) is 0 Å². The van der Waals surface area contributed by atoms with E-state index in [0.717, 1.165) is 19.3 Å². The molecule has 1 aromatic rings. The molecule has 1 aromatic carbocycles. The van der Waals surface area contributed by atoms with Crippen LogP contribution in [0.4, 0.5) is 0 Å². The van der Waals surface area contributed by atoms with Gasteiger partial charge < -0.3 is 0 Å². The molecule has 1 heterocycles. The van der Waals surface area contributed by atoms with E-state index in [9.17, 15) is 0 Å². The first-order chi connectivity index (χ1) is 7.84. The summed E-state index contributed by atoms with van der Waals surface area (Å²) in [4.78, 5) is 4.13. The number of aliphatic imine (C=N–C) groups is 1. The Morgan fingerprint density at radius 2 is 1.94 bits per heavy atom. The zero-order chi connectivity index (χ0) is 11.2. The molecule has 2 rings (SSSR count). The monoisotopic (exact) mass is 211 g/mol. The summed E-state index contributed by atoms with van der Waals surface area (Å²) < 4.78 is 0. The van der Waals surface area contributed by atoms with Gasteiger partial charge in [-0.1, -0.05) is 35.9 Å². The smallest absolute Gasteiger partial charge is 0.0266 e. The second-order valence-corrected chi connectivity index (χ2v) is 4.15. The van der Waals surface area contributed by atoms with Crippen molar-refractivity contribution in [1.82, 2.24) is 0 Å². The molecule has 0 aliphatic carbocycles. The maximum Gasteiger partial charge on any atom is 0.0266 e. The Kier molecular flexibility index (Phi) is 3.71. The Bertz CT molecular complexity index is 421. The molecule has 0 saturated carbocycles. The van der Waals surface area contributed by atoms with Crippen LogP contribution in [0.5, 0.6) is 0 Å². The van der Waals surface area contributed by atoms with E-state index in [1.807, 2.05) is 12.4 Å². The highest BCUT2D eigenvalue weighted by Crippen LogP contribution is 2.13. The third-order valence-corrected chi connectivity index (χ3v) is 2.79. The molecule has 1 nitrogen and oxygen atoms in total. The van der Waals surface area contributed by atoms with Crippen LogP contribution in [-0.4, -0.2) is 6.21 Å². The molecule has 1 aliphatic rings. The van der Waals surface area contributed by atoms with Crippen molar-refractivity contribution in [3.63, 3.8) is 0 Å². The topological polar surface area (TPSA) is 12.4 Å². The highest BCUT2D eigenvalue weighted by Gasteiger charge is 1.97. The third-order valence-electron chi connectivity index (χ3n) is 2.79. The molecule has 0 fully saturated rings. The quantitative estimate of drug-likeness (QED) is 0.720. The van der Waals surface area contributed by atoms with Crippen LogP contribution in [0.3, 0.4) is 0 Å². The van der Waals surface area contributed by atoms with Gasteiger partial charge in [-0.3, -0.25) is 4.99 Å². The number of hydrogen-bond acceptors (Lipinski definition) is 1. The van der Waals surface area contributed by atoms with E-state index in [-0.39, 0.29) is 0 Å². The first-order valence-corrected chi connectivity index (χ1v) is 5.77. The number of rotatable bonds is 3. The molecule has 0 atom stereocenters. The lowest BCUT2D eigenvalue weighted by Gasteiger charge is -2.03. The van der Waals surface area contributed by atoms with Gasteiger partial charge in [-0.15, -0.1) is 0 Å². The van der Waals surface area contributed by atoms with Crippen LogP contribution in [0.15, 0.2) is 53.2 Å². The predicted molar refractivity (Wildman–Crippen MR) is 69.8 cm³/mol. The lowest BCUT2D eigenvalue weighted by Crippen LogP contribution is -1.87. The van der Waals surface area contributed by atoms with Crippen LogP contribution in [0.25, 0.3) is 0 Å². The fraction of sp³-hybridized carbons (Fsp3) is 0.267. The molecular weight excluding hydrogens is 194 g/mol. The maximum atomic E-state index is 4.13. The SMILES string of the molecule is Cc1ccc(CCC2=CCC=NC=C2)cc1. The number of nitrogens with zero attached hydrogens (tertiary/aromatic N) is 1. The number of allylic oxidation sites excluding steroid dienone is 3. The molecule has 0 amide bonds. The Hall–Kier alpha value is -1.63. The van der Waals surface area contributed by atoms with Gasteiger partial charge in [-0.25, -0.2) is 0 Å². The molecule has 0 saturated heterocycles. The van der Waals surface area contributed by atoms with Gasteiger partial charge >= 0.3 is 0 Å². The molecule has 82 valence electrons. The second kappa shape index (κ2) is 5.45. The van der Waals surface area contributed by atoms with Crippen LogP contribution in [0.2, 0.25) is 0 Å². The van der Waals surface area contributed by atoms with E-state index in [1.54, 1.807) is 0 Å². The number of hydrogen-bond donors (Lipinski definition) is 0. The van der Waals surface area contributed by atoms with Crippen molar-refractivity contribution in [2.75, 3.05) is 0 Å². The molecule has 0 radical (unpaired) electrons. The Labute approximate surface area is 97.2 Å². The average Bonchev–Trinajstić information content (AvgIpc) is 2.57. The van der Waals surface area contributed by atoms with Gasteiger partial charge in [-0.2, -0.15) is 0 Å². The minimum absolute atomic E-state index is 0.955. The van der Waals surface area contributed by atoms with Gasteiger partial charge in [0, 0.05) is 18.8 Å². The highest BCUT2D eigenvalue weighted by atomic mass is 14.7. The van der Waals surface area contributed by atoms with E-state index in [4.69, 9.17) is 0 Å². The summed E-state index contributed by atoms with van der Waals surface area (Å²) in [5.74, 6) is 0. The fourth-order valence-electron chi connectivity index (χ4n) is 1.76. The summed E-state index contributed by atoms with van der Waals surface area (Å²) in [6.07, 6.45) is 11.3. The fourth-order valence-corrected chi connectivity index (χ4v) is 1.76. The van der Waals surface area contributed by atoms with Crippen molar-refractivity contribution < 1.29 is 0 Å². The normalized spacial score (nSPS) is 14.7. The molecule has 1 aliphatic heterocycles. The Balaban J connectivity index is 1.92. The first kappa shape index (κ1) is 10.9. The molecule has 0 bridgehead atoms. The summed E-state index contributed by atoms with van der Waals surface area (Å²) in [5.41, 5.74) is 4.12. The lowest BCUT2D eigenvalue weighted by atomic mass is 10.0. The van der Waals surface area contributed by atoms with Gasteiger partial charge in [0.2, 0.25) is 0 Å². The summed E-state index contributed by atoms with van der Waals surface area (Å²) >= 11 is 0. The van der Waals surface area contributed by atoms with Crippen molar-refractivity contribution in [2.24, 2.45) is 4.99 Å². The molecule has 0 aromatic heterocycles. The van der Waals surface area contributed by atoms with Gasteiger partial charge in [0.1, 0.15) is 0 Å². The summed E-state index contributed by atoms with van der Waals surface area (Å²) in [5, 5.41) is 0. The summed E-state index contributed by atoms with van der Waals surface area (Å²) in [6, 6.07) is 8.78. The maximum absolute atomic E-state index is 4.13. The Morgan fingerprint density at radius 3 is 2.75 bits per heavy atom. The molecule has 0 N–H and O–H groups in total. The van der Waals surface area contributed by atoms with Crippen molar-refractivity contribution in [3.05, 3.63) is 59.3 Å². The zero-order valence-corrected chi connectivity index (χ0v) is 9.69. The Morgan fingerprint density at radius 1 is 1.12 bits per heavy atom. The van der Waals surface area contributed by atoms with E-state index in [2.05, 4.69) is 48.3 Å². The minimum Gasteiger partial charge on any atom is -0.269 e. The molecule has 1 heteroatoms. The largest absolute Gasteiger partial charge is 0.269 e. The van der Waals surface area contributed by atoms with Crippen molar-refractivity contribution in [2.45, 2.75) is 26.2 Å². The second-order valence-electron chi connectivity index (χ2n) is 4.15. The number of benzene rings is 1. The zero-order valence-electron chi connectivity index (χ0n) is 9.69. The van der Waals surface area contributed by atoms with Crippen LogP contribution >= 0.6 is 0 Å². The molecule has 0 spiro atoms. The van der Waals surface area contributed by atoms with Gasteiger partial charge in [0.15, 0.2) is 0 Å². The van der Waals surface area contributed by atoms with E-state index >= 15 is 0 Å².